The molecule has 0 radical (unpaired) electrons. The minimum atomic E-state index is -0.465. The SMILES string of the molecule is Cc1ccc(NC(=O)c2cc(-c3cccnc3)nc3ccccc23)cc1[N+](=O)[O-]. The summed E-state index contributed by atoms with van der Waals surface area (Å²) in [4.78, 5) is 32.5. The van der Waals surface area contributed by atoms with Gasteiger partial charge in [0.2, 0.25) is 0 Å². The number of benzene rings is 2. The van der Waals surface area contributed by atoms with Crippen LogP contribution in [0, 0.1) is 17.0 Å². The van der Waals surface area contributed by atoms with Crippen LogP contribution in [0.3, 0.4) is 0 Å². The second-order valence-electron chi connectivity index (χ2n) is 6.53. The van der Waals surface area contributed by atoms with Crippen molar-refractivity contribution in [3.8, 4) is 11.3 Å². The molecule has 2 aromatic heterocycles. The molecule has 4 aromatic rings. The first-order chi connectivity index (χ1) is 14.0. The third kappa shape index (κ3) is 3.66. The van der Waals surface area contributed by atoms with Crippen LogP contribution in [-0.2, 0) is 0 Å². The fourth-order valence-electron chi connectivity index (χ4n) is 3.11. The minimum Gasteiger partial charge on any atom is -0.322 e. The van der Waals surface area contributed by atoms with Crippen LogP contribution < -0.4 is 5.32 Å². The Morgan fingerprint density at radius 1 is 1.07 bits per heavy atom. The lowest BCUT2D eigenvalue weighted by Gasteiger charge is -2.11. The molecule has 4 rings (SSSR count). The van der Waals surface area contributed by atoms with E-state index >= 15 is 0 Å². The Kier molecular flexibility index (Phi) is 4.70. The third-order valence-corrected chi connectivity index (χ3v) is 4.58. The number of aromatic nitrogens is 2. The predicted octanol–water partition coefficient (Wildman–Crippen LogP) is 4.77. The lowest BCUT2D eigenvalue weighted by Crippen LogP contribution is -2.13. The van der Waals surface area contributed by atoms with Gasteiger partial charge in [-0.1, -0.05) is 24.3 Å². The molecule has 0 aliphatic rings. The van der Waals surface area contributed by atoms with Crippen LogP contribution in [0.2, 0.25) is 0 Å². The molecule has 0 aliphatic carbocycles. The summed E-state index contributed by atoms with van der Waals surface area (Å²) >= 11 is 0. The van der Waals surface area contributed by atoms with Crippen LogP contribution in [0.25, 0.3) is 22.2 Å². The van der Waals surface area contributed by atoms with Gasteiger partial charge >= 0.3 is 0 Å². The van der Waals surface area contributed by atoms with Gasteiger partial charge in [0, 0.05) is 40.7 Å². The lowest BCUT2D eigenvalue weighted by atomic mass is 10.0. The maximum atomic E-state index is 13.1. The van der Waals surface area contributed by atoms with Gasteiger partial charge in [-0.05, 0) is 37.3 Å². The van der Waals surface area contributed by atoms with Gasteiger partial charge in [-0.25, -0.2) is 4.98 Å². The molecular weight excluding hydrogens is 368 g/mol. The van der Waals surface area contributed by atoms with Gasteiger partial charge in [-0.3, -0.25) is 19.9 Å². The highest BCUT2D eigenvalue weighted by atomic mass is 16.6. The molecule has 0 saturated heterocycles. The fraction of sp³-hybridized carbons (Fsp3) is 0.0455. The molecule has 2 heterocycles. The molecule has 29 heavy (non-hydrogen) atoms. The summed E-state index contributed by atoms with van der Waals surface area (Å²) in [6.07, 6.45) is 3.35. The molecular formula is C22H16N4O3. The molecule has 0 spiro atoms. The van der Waals surface area contributed by atoms with E-state index in [4.69, 9.17) is 0 Å². The fourth-order valence-corrected chi connectivity index (χ4v) is 3.11. The summed E-state index contributed by atoms with van der Waals surface area (Å²) in [7, 11) is 0. The van der Waals surface area contributed by atoms with Crippen LogP contribution in [0.4, 0.5) is 11.4 Å². The van der Waals surface area contributed by atoms with E-state index in [0.29, 0.717) is 33.4 Å². The Bertz CT molecular complexity index is 1240. The van der Waals surface area contributed by atoms with Crippen LogP contribution in [0.15, 0.2) is 73.1 Å². The number of pyridine rings is 2. The Labute approximate surface area is 166 Å². The second-order valence-corrected chi connectivity index (χ2v) is 6.53. The van der Waals surface area contributed by atoms with Crippen molar-refractivity contribution in [2.75, 3.05) is 5.32 Å². The number of hydrogen-bond donors (Lipinski definition) is 1. The molecule has 1 amide bonds. The van der Waals surface area contributed by atoms with E-state index in [2.05, 4.69) is 15.3 Å². The topological polar surface area (TPSA) is 98.0 Å². The maximum Gasteiger partial charge on any atom is 0.274 e. The molecule has 1 N–H and O–H groups in total. The van der Waals surface area contributed by atoms with Crippen molar-refractivity contribution in [3.05, 3.63) is 94.3 Å². The number of fused-ring (bicyclic) bond motifs is 1. The van der Waals surface area contributed by atoms with Crippen molar-refractivity contribution in [2.24, 2.45) is 0 Å². The summed E-state index contributed by atoms with van der Waals surface area (Å²) in [6.45, 7) is 1.65. The van der Waals surface area contributed by atoms with Crippen molar-refractivity contribution in [1.29, 1.82) is 0 Å². The molecule has 142 valence electrons. The largest absolute Gasteiger partial charge is 0.322 e. The van der Waals surface area contributed by atoms with Gasteiger partial charge in [0.05, 0.1) is 21.7 Å². The standard InChI is InChI=1S/C22H16N4O3/c1-14-8-9-16(11-21(14)26(28)29)24-22(27)18-12-20(15-5-4-10-23-13-15)25-19-7-3-2-6-17(18)19/h2-13H,1H3,(H,24,27). The first kappa shape index (κ1) is 18.2. The van der Waals surface area contributed by atoms with Crippen LogP contribution in [-0.4, -0.2) is 20.8 Å². The first-order valence-corrected chi connectivity index (χ1v) is 8.89. The van der Waals surface area contributed by atoms with Crippen molar-refractivity contribution < 1.29 is 9.72 Å². The highest BCUT2D eigenvalue weighted by Gasteiger charge is 2.16. The van der Waals surface area contributed by atoms with Crippen molar-refractivity contribution >= 4 is 28.2 Å². The number of nitrogens with one attached hydrogen (secondary N) is 1. The molecule has 2 aromatic carbocycles. The van der Waals surface area contributed by atoms with Crippen molar-refractivity contribution in [2.45, 2.75) is 6.92 Å². The lowest BCUT2D eigenvalue weighted by molar-refractivity contribution is -0.385. The molecule has 0 saturated carbocycles. The number of nitrogens with zero attached hydrogens (tertiary/aromatic N) is 3. The first-order valence-electron chi connectivity index (χ1n) is 8.89. The molecule has 0 atom stereocenters. The van der Waals surface area contributed by atoms with Crippen LogP contribution in [0.5, 0.6) is 0 Å². The number of carbonyl (C=O) groups is 1. The van der Waals surface area contributed by atoms with E-state index in [1.165, 1.54) is 6.07 Å². The second kappa shape index (κ2) is 7.47. The van der Waals surface area contributed by atoms with Crippen molar-refractivity contribution in [1.82, 2.24) is 9.97 Å². The summed E-state index contributed by atoms with van der Waals surface area (Å²) < 4.78 is 0. The average Bonchev–Trinajstić information content (AvgIpc) is 2.74. The van der Waals surface area contributed by atoms with E-state index in [1.54, 1.807) is 43.6 Å². The highest BCUT2D eigenvalue weighted by Crippen LogP contribution is 2.27. The number of rotatable bonds is 4. The Morgan fingerprint density at radius 2 is 1.90 bits per heavy atom. The van der Waals surface area contributed by atoms with Gasteiger partial charge in [-0.2, -0.15) is 0 Å². The molecule has 0 unspecified atom stereocenters. The molecule has 7 nitrogen and oxygen atoms in total. The van der Waals surface area contributed by atoms with Crippen LogP contribution in [0.1, 0.15) is 15.9 Å². The number of para-hydroxylation sites is 1. The van der Waals surface area contributed by atoms with E-state index in [-0.39, 0.29) is 11.6 Å². The summed E-state index contributed by atoms with van der Waals surface area (Å²) in [6, 6.07) is 17.3. The molecule has 0 aliphatic heterocycles. The number of nitro benzene ring substituents is 1. The normalized spacial score (nSPS) is 10.7. The number of aryl methyl sites for hydroxylation is 1. The summed E-state index contributed by atoms with van der Waals surface area (Å²) in [5.41, 5.74) is 3.36. The van der Waals surface area contributed by atoms with E-state index < -0.39 is 4.92 Å². The maximum absolute atomic E-state index is 13.1. The zero-order valence-electron chi connectivity index (χ0n) is 15.5. The summed E-state index contributed by atoms with van der Waals surface area (Å²) in [5.74, 6) is -0.369. The Balaban J connectivity index is 1.78. The van der Waals surface area contributed by atoms with Gasteiger partial charge in [0.25, 0.3) is 11.6 Å². The number of hydrogen-bond acceptors (Lipinski definition) is 5. The summed E-state index contributed by atoms with van der Waals surface area (Å²) in [5, 5.41) is 14.6. The number of nitro groups is 1. The number of amides is 1. The minimum absolute atomic E-state index is 0.0431. The van der Waals surface area contributed by atoms with Gasteiger partial charge in [0.15, 0.2) is 0 Å². The third-order valence-electron chi connectivity index (χ3n) is 4.58. The average molecular weight is 384 g/mol. The zero-order valence-corrected chi connectivity index (χ0v) is 15.5. The van der Waals surface area contributed by atoms with Gasteiger partial charge in [0.1, 0.15) is 0 Å². The van der Waals surface area contributed by atoms with Gasteiger partial charge < -0.3 is 5.32 Å². The molecule has 0 fully saturated rings. The number of carbonyl (C=O) groups excluding carboxylic acids is 1. The van der Waals surface area contributed by atoms with Crippen LogP contribution >= 0.6 is 0 Å². The zero-order chi connectivity index (χ0) is 20.4. The molecule has 7 heteroatoms. The van der Waals surface area contributed by atoms with Crippen molar-refractivity contribution in [3.63, 3.8) is 0 Å². The quantitative estimate of drug-likeness (QED) is 0.404. The van der Waals surface area contributed by atoms with E-state index in [0.717, 1.165) is 5.56 Å². The smallest absolute Gasteiger partial charge is 0.274 e. The predicted molar refractivity (Wildman–Crippen MR) is 111 cm³/mol. The monoisotopic (exact) mass is 384 g/mol. The number of anilines is 1. The highest BCUT2D eigenvalue weighted by molar-refractivity contribution is 6.13. The van der Waals surface area contributed by atoms with E-state index in [9.17, 15) is 14.9 Å². The van der Waals surface area contributed by atoms with E-state index in [1.807, 2.05) is 30.3 Å². The van der Waals surface area contributed by atoms with Gasteiger partial charge in [-0.15, -0.1) is 0 Å². The molecule has 0 bridgehead atoms. The Morgan fingerprint density at radius 3 is 2.66 bits per heavy atom. The Hall–Kier alpha value is -4.13.